The van der Waals surface area contributed by atoms with Gasteiger partial charge in [0.25, 0.3) is 0 Å². The maximum absolute atomic E-state index is 11.8. The fraction of sp³-hybridized carbons (Fsp3) is 0.500. The lowest BCUT2D eigenvalue weighted by Gasteiger charge is -2.19. The molecule has 0 aliphatic rings. The van der Waals surface area contributed by atoms with Gasteiger partial charge in [-0.1, -0.05) is 39.0 Å². The number of carbonyl (C=O) groups excluding carboxylic acids is 1. The third-order valence-corrected chi connectivity index (χ3v) is 2.66. The molecular formula is C14H21NO. The predicted molar refractivity (Wildman–Crippen MR) is 67.8 cm³/mol. The second-order valence-electron chi connectivity index (χ2n) is 5.15. The lowest BCUT2D eigenvalue weighted by molar-refractivity contribution is 0.0980. The molecule has 2 nitrogen and oxygen atoms in total. The Morgan fingerprint density at radius 3 is 2.56 bits per heavy atom. The summed E-state index contributed by atoms with van der Waals surface area (Å²) in [6, 6.07) is 7.91. The Kier molecular flexibility index (Phi) is 4.25. The molecule has 1 aromatic carbocycles. The van der Waals surface area contributed by atoms with Crippen molar-refractivity contribution in [3.8, 4) is 0 Å². The normalized spacial score (nSPS) is 11.5. The SMILES string of the molecule is CC(C)(C)c1cccc(C(=O)CCCN)c1. The van der Waals surface area contributed by atoms with E-state index in [0.717, 1.165) is 12.0 Å². The van der Waals surface area contributed by atoms with Crippen LogP contribution in [0.25, 0.3) is 0 Å². The van der Waals surface area contributed by atoms with Gasteiger partial charge in [0.2, 0.25) is 0 Å². The monoisotopic (exact) mass is 219 g/mol. The Bertz CT molecular complexity index is 363. The maximum atomic E-state index is 11.8. The topological polar surface area (TPSA) is 43.1 Å². The minimum absolute atomic E-state index is 0.0875. The van der Waals surface area contributed by atoms with Gasteiger partial charge in [-0.2, -0.15) is 0 Å². The van der Waals surface area contributed by atoms with Crippen molar-refractivity contribution in [2.45, 2.75) is 39.0 Å². The first-order chi connectivity index (χ1) is 7.45. The second-order valence-corrected chi connectivity index (χ2v) is 5.15. The Labute approximate surface area is 97.9 Å². The highest BCUT2D eigenvalue weighted by Gasteiger charge is 2.15. The summed E-state index contributed by atoms with van der Waals surface area (Å²) in [5, 5.41) is 0. The van der Waals surface area contributed by atoms with Crippen molar-refractivity contribution >= 4 is 5.78 Å². The van der Waals surface area contributed by atoms with Gasteiger partial charge in [-0.15, -0.1) is 0 Å². The van der Waals surface area contributed by atoms with Crippen LogP contribution in [0.2, 0.25) is 0 Å². The largest absolute Gasteiger partial charge is 0.330 e. The summed E-state index contributed by atoms with van der Waals surface area (Å²) in [6.07, 6.45) is 1.31. The maximum Gasteiger partial charge on any atom is 0.162 e. The highest BCUT2D eigenvalue weighted by Crippen LogP contribution is 2.23. The molecular weight excluding hydrogens is 198 g/mol. The van der Waals surface area contributed by atoms with Gasteiger partial charge in [-0.05, 0) is 30.0 Å². The fourth-order valence-corrected chi connectivity index (χ4v) is 1.57. The molecule has 2 heteroatoms. The molecule has 0 atom stereocenters. The summed E-state index contributed by atoms with van der Waals surface area (Å²) in [5.41, 5.74) is 7.50. The minimum Gasteiger partial charge on any atom is -0.330 e. The molecule has 0 aliphatic carbocycles. The Morgan fingerprint density at radius 1 is 1.31 bits per heavy atom. The summed E-state index contributed by atoms with van der Waals surface area (Å²) < 4.78 is 0. The molecule has 1 rings (SSSR count). The van der Waals surface area contributed by atoms with Gasteiger partial charge in [0.15, 0.2) is 5.78 Å². The first-order valence-electron chi connectivity index (χ1n) is 5.79. The van der Waals surface area contributed by atoms with E-state index in [1.54, 1.807) is 0 Å². The van der Waals surface area contributed by atoms with E-state index in [1.165, 1.54) is 5.56 Å². The Morgan fingerprint density at radius 2 is 2.00 bits per heavy atom. The van der Waals surface area contributed by atoms with Gasteiger partial charge in [0.05, 0.1) is 0 Å². The van der Waals surface area contributed by atoms with E-state index in [9.17, 15) is 4.79 Å². The molecule has 0 saturated heterocycles. The van der Waals surface area contributed by atoms with Crippen LogP contribution < -0.4 is 5.73 Å². The van der Waals surface area contributed by atoms with E-state index >= 15 is 0 Å². The van der Waals surface area contributed by atoms with Crippen LogP contribution in [0.1, 0.15) is 49.5 Å². The van der Waals surface area contributed by atoms with E-state index in [1.807, 2.05) is 18.2 Å². The summed E-state index contributed by atoms with van der Waals surface area (Å²) >= 11 is 0. The van der Waals surface area contributed by atoms with E-state index in [2.05, 4.69) is 26.8 Å². The summed E-state index contributed by atoms with van der Waals surface area (Å²) in [4.78, 5) is 11.8. The van der Waals surface area contributed by atoms with Crippen LogP contribution in [-0.2, 0) is 5.41 Å². The molecule has 16 heavy (non-hydrogen) atoms. The molecule has 0 spiro atoms. The number of nitrogens with two attached hydrogens (primary N) is 1. The Balaban J connectivity index is 2.86. The van der Waals surface area contributed by atoms with Crippen molar-refractivity contribution < 1.29 is 4.79 Å². The molecule has 0 aromatic heterocycles. The molecule has 0 amide bonds. The highest BCUT2D eigenvalue weighted by molar-refractivity contribution is 5.96. The average Bonchev–Trinajstić information content (AvgIpc) is 2.25. The number of hydrogen-bond donors (Lipinski definition) is 1. The quantitative estimate of drug-likeness (QED) is 0.791. The van der Waals surface area contributed by atoms with Crippen LogP contribution in [0, 0.1) is 0 Å². The molecule has 0 saturated carbocycles. The standard InChI is InChI=1S/C14H21NO/c1-14(2,3)12-7-4-6-11(10-12)13(16)8-5-9-15/h4,6-7,10H,5,8-9,15H2,1-3H3. The fourth-order valence-electron chi connectivity index (χ4n) is 1.57. The molecule has 1 aromatic rings. The van der Waals surface area contributed by atoms with Crippen molar-refractivity contribution in [3.05, 3.63) is 35.4 Å². The zero-order chi connectivity index (χ0) is 12.2. The number of hydrogen-bond acceptors (Lipinski definition) is 2. The predicted octanol–water partition coefficient (Wildman–Crippen LogP) is 2.91. The van der Waals surface area contributed by atoms with Crippen molar-refractivity contribution in [3.63, 3.8) is 0 Å². The molecule has 0 unspecified atom stereocenters. The number of benzene rings is 1. The van der Waals surface area contributed by atoms with Crippen molar-refractivity contribution in [2.75, 3.05) is 6.54 Å². The lowest BCUT2D eigenvalue weighted by Crippen LogP contribution is -2.12. The smallest absolute Gasteiger partial charge is 0.162 e. The van der Waals surface area contributed by atoms with Crippen LogP contribution in [0.15, 0.2) is 24.3 Å². The third-order valence-electron chi connectivity index (χ3n) is 2.66. The summed E-state index contributed by atoms with van der Waals surface area (Å²) in [5.74, 6) is 0.191. The number of carbonyl (C=O) groups is 1. The number of Topliss-reactive ketones (excluding diaryl/α,β-unsaturated/α-hetero) is 1. The Hall–Kier alpha value is -1.15. The summed E-state index contributed by atoms with van der Waals surface area (Å²) in [7, 11) is 0. The lowest BCUT2D eigenvalue weighted by atomic mass is 9.85. The van der Waals surface area contributed by atoms with E-state index in [4.69, 9.17) is 5.73 Å². The number of rotatable bonds is 4. The first kappa shape index (κ1) is 12.9. The average molecular weight is 219 g/mol. The highest BCUT2D eigenvalue weighted by atomic mass is 16.1. The van der Waals surface area contributed by atoms with Gasteiger partial charge >= 0.3 is 0 Å². The van der Waals surface area contributed by atoms with Gasteiger partial charge in [0.1, 0.15) is 0 Å². The van der Waals surface area contributed by atoms with E-state index in [-0.39, 0.29) is 11.2 Å². The van der Waals surface area contributed by atoms with E-state index < -0.39 is 0 Å². The molecule has 88 valence electrons. The molecule has 0 aliphatic heterocycles. The van der Waals surface area contributed by atoms with Crippen LogP contribution in [-0.4, -0.2) is 12.3 Å². The minimum atomic E-state index is 0.0875. The molecule has 0 fully saturated rings. The molecule has 0 heterocycles. The van der Waals surface area contributed by atoms with Gasteiger partial charge < -0.3 is 5.73 Å². The van der Waals surface area contributed by atoms with Crippen LogP contribution >= 0.6 is 0 Å². The summed E-state index contributed by atoms with van der Waals surface area (Å²) in [6.45, 7) is 7.02. The second kappa shape index (κ2) is 5.26. The zero-order valence-electron chi connectivity index (χ0n) is 10.4. The molecule has 0 bridgehead atoms. The zero-order valence-corrected chi connectivity index (χ0v) is 10.4. The molecule has 2 N–H and O–H groups in total. The van der Waals surface area contributed by atoms with Crippen LogP contribution in [0.3, 0.4) is 0 Å². The van der Waals surface area contributed by atoms with Crippen molar-refractivity contribution in [1.82, 2.24) is 0 Å². The van der Waals surface area contributed by atoms with Gasteiger partial charge in [-0.3, -0.25) is 4.79 Å². The number of ketones is 1. The van der Waals surface area contributed by atoms with Gasteiger partial charge in [0, 0.05) is 12.0 Å². The van der Waals surface area contributed by atoms with Crippen molar-refractivity contribution in [1.29, 1.82) is 0 Å². The third kappa shape index (κ3) is 3.46. The van der Waals surface area contributed by atoms with Crippen LogP contribution in [0.4, 0.5) is 0 Å². The van der Waals surface area contributed by atoms with Crippen molar-refractivity contribution in [2.24, 2.45) is 5.73 Å². The van der Waals surface area contributed by atoms with E-state index in [0.29, 0.717) is 13.0 Å². The van der Waals surface area contributed by atoms with Gasteiger partial charge in [-0.25, -0.2) is 0 Å². The van der Waals surface area contributed by atoms with Crippen LogP contribution in [0.5, 0.6) is 0 Å². The molecule has 0 radical (unpaired) electrons. The first-order valence-corrected chi connectivity index (χ1v) is 5.79.